The predicted octanol–water partition coefficient (Wildman–Crippen LogP) is 2.88. The van der Waals surface area contributed by atoms with Gasteiger partial charge in [-0.2, -0.15) is 0 Å². The second-order valence-electron chi connectivity index (χ2n) is 4.38. The summed E-state index contributed by atoms with van der Waals surface area (Å²) in [5.74, 6) is 1.22. The lowest BCUT2D eigenvalue weighted by atomic mass is 10.0. The van der Waals surface area contributed by atoms with Crippen LogP contribution in [0, 0.1) is 5.92 Å². The molecule has 1 aliphatic rings. The molecule has 0 unspecified atom stereocenters. The van der Waals surface area contributed by atoms with E-state index < -0.39 is 0 Å². The van der Waals surface area contributed by atoms with E-state index in [0.29, 0.717) is 5.88 Å². The highest BCUT2D eigenvalue weighted by molar-refractivity contribution is 5.74. The van der Waals surface area contributed by atoms with Gasteiger partial charge in [0.05, 0.1) is 11.3 Å². The minimum absolute atomic E-state index is 0.432. The number of benzene rings is 1. The van der Waals surface area contributed by atoms with Crippen molar-refractivity contribution in [1.82, 2.24) is 5.16 Å². The van der Waals surface area contributed by atoms with Gasteiger partial charge in [0.15, 0.2) is 0 Å². The molecule has 1 heterocycles. The van der Waals surface area contributed by atoms with Crippen molar-refractivity contribution >= 4 is 5.88 Å². The zero-order valence-electron chi connectivity index (χ0n) is 9.02. The maximum atomic E-state index is 5.84. The molecule has 1 saturated carbocycles. The van der Waals surface area contributed by atoms with Gasteiger partial charge in [0, 0.05) is 0 Å². The van der Waals surface area contributed by atoms with Crippen molar-refractivity contribution < 1.29 is 4.52 Å². The molecule has 16 heavy (non-hydrogen) atoms. The Balaban J connectivity index is 2.01. The summed E-state index contributed by atoms with van der Waals surface area (Å²) in [6, 6.07) is 10.1. The summed E-state index contributed by atoms with van der Waals surface area (Å²) in [7, 11) is 0. The van der Waals surface area contributed by atoms with Crippen LogP contribution in [0.4, 0.5) is 5.88 Å². The van der Waals surface area contributed by atoms with Crippen molar-refractivity contribution in [2.75, 3.05) is 5.73 Å². The van der Waals surface area contributed by atoms with Crippen LogP contribution in [0.5, 0.6) is 0 Å². The lowest BCUT2D eigenvalue weighted by Crippen LogP contribution is -1.92. The average molecular weight is 214 g/mol. The molecule has 2 aromatic rings. The summed E-state index contributed by atoms with van der Waals surface area (Å²) in [5, 5.41) is 4.07. The number of nitrogen functional groups attached to an aromatic ring is 1. The summed E-state index contributed by atoms with van der Waals surface area (Å²) in [4.78, 5) is 0. The van der Waals surface area contributed by atoms with Gasteiger partial charge in [-0.05, 0) is 30.7 Å². The molecule has 0 aliphatic heterocycles. The van der Waals surface area contributed by atoms with Crippen molar-refractivity contribution in [3.8, 4) is 11.1 Å². The highest BCUT2D eigenvalue weighted by Crippen LogP contribution is 2.37. The molecular formula is C13H14N2O. The van der Waals surface area contributed by atoms with E-state index in [2.05, 4.69) is 5.16 Å². The molecule has 0 spiro atoms. The molecule has 2 N–H and O–H groups in total. The Morgan fingerprint density at radius 1 is 1.25 bits per heavy atom. The summed E-state index contributed by atoms with van der Waals surface area (Å²) in [6.07, 6.45) is 3.60. The fourth-order valence-electron chi connectivity index (χ4n) is 1.99. The molecule has 1 aromatic carbocycles. The van der Waals surface area contributed by atoms with Crippen LogP contribution < -0.4 is 5.73 Å². The second-order valence-corrected chi connectivity index (χ2v) is 4.38. The smallest absolute Gasteiger partial charge is 0.230 e. The third-order valence-corrected chi connectivity index (χ3v) is 3.03. The van der Waals surface area contributed by atoms with Crippen molar-refractivity contribution in [3.63, 3.8) is 0 Å². The summed E-state index contributed by atoms with van der Waals surface area (Å²) in [5.41, 5.74) is 8.92. The molecule has 1 fully saturated rings. The zero-order chi connectivity index (χ0) is 11.0. The maximum Gasteiger partial charge on any atom is 0.230 e. The van der Waals surface area contributed by atoms with Crippen LogP contribution in [0.3, 0.4) is 0 Å². The number of rotatable bonds is 3. The first-order valence-corrected chi connectivity index (χ1v) is 5.64. The normalized spacial score (nSPS) is 15.2. The minimum atomic E-state index is 0.432. The van der Waals surface area contributed by atoms with E-state index in [4.69, 9.17) is 10.3 Å². The quantitative estimate of drug-likeness (QED) is 0.854. The standard InChI is InChI=1S/C13H14N2O/c14-13-12(10-4-2-1-3-5-10)11(15-16-13)8-9-6-7-9/h1-5,9H,6-8,14H2. The van der Waals surface area contributed by atoms with Crippen molar-refractivity contribution in [1.29, 1.82) is 0 Å². The zero-order valence-corrected chi connectivity index (χ0v) is 9.02. The van der Waals surface area contributed by atoms with E-state index in [1.165, 1.54) is 12.8 Å². The van der Waals surface area contributed by atoms with Gasteiger partial charge in [0.1, 0.15) is 0 Å². The van der Waals surface area contributed by atoms with E-state index in [1.807, 2.05) is 30.3 Å². The minimum Gasteiger partial charge on any atom is -0.367 e. The fourth-order valence-corrected chi connectivity index (χ4v) is 1.99. The molecular weight excluding hydrogens is 200 g/mol. The number of nitrogens with two attached hydrogens (primary N) is 1. The molecule has 0 amide bonds. The van der Waals surface area contributed by atoms with Gasteiger partial charge in [-0.1, -0.05) is 35.5 Å². The van der Waals surface area contributed by atoms with Crippen LogP contribution in [0.2, 0.25) is 0 Å². The highest BCUT2D eigenvalue weighted by Gasteiger charge is 2.26. The topological polar surface area (TPSA) is 52.0 Å². The summed E-state index contributed by atoms with van der Waals surface area (Å²) in [6.45, 7) is 0. The SMILES string of the molecule is Nc1onc(CC2CC2)c1-c1ccccc1. The molecule has 3 nitrogen and oxygen atoms in total. The Labute approximate surface area is 94.2 Å². The summed E-state index contributed by atoms with van der Waals surface area (Å²) < 4.78 is 5.11. The molecule has 0 bridgehead atoms. The third kappa shape index (κ3) is 1.69. The van der Waals surface area contributed by atoms with E-state index in [1.54, 1.807) is 0 Å². The third-order valence-electron chi connectivity index (χ3n) is 3.03. The first kappa shape index (κ1) is 9.46. The van der Waals surface area contributed by atoms with Gasteiger partial charge in [-0.15, -0.1) is 0 Å². The molecule has 0 atom stereocenters. The number of nitrogens with zero attached hydrogens (tertiary/aromatic N) is 1. The molecule has 0 saturated heterocycles. The molecule has 1 aromatic heterocycles. The van der Waals surface area contributed by atoms with E-state index in [0.717, 1.165) is 29.2 Å². The van der Waals surface area contributed by atoms with Crippen molar-refractivity contribution in [3.05, 3.63) is 36.0 Å². The Kier molecular flexibility index (Phi) is 2.17. The lowest BCUT2D eigenvalue weighted by molar-refractivity contribution is 0.426. The first-order valence-electron chi connectivity index (χ1n) is 5.64. The van der Waals surface area contributed by atoms with Crippen LogP contribution in [-0.2, 0) is 6.42 Å². The Morgan fingerprint density at radius 2 is 2.00 bits per heavy atom. The molecule has 3 rings (SSSR count). The predicted molar refractivity (Wildman–Crippen MR) is 62.8 cm³/mol. The molecule has 0 radical (unpaired) electrons. The molecule has 1 aliphatic carbocycles. The van der Waals surface area contributed by atoms with Crippen molar-refractivity contribution in [2.45, 2.75) is 19.3 Å². The summed E-state index contributed by atoms with van der Waals surface area (Å²) >= 11 is 0. The van der Waals surface area contributed by atoms with Crippen LogP contribution in [0.25, 0.3) is 11.1 Å². The Bertz CT molecular complexity index is 486. The van der Waals surface area contributed by atoms with E-state index in [-0.39, 0.29) is 0 Å². The number of hydrogen-bond donors (Lipinski definition) is 1. The van der Waals surface area contributed by atoms with Gasteiger partial charge < -0.3 is 10.3 Å². The van der Waals surface area contributed by atoms with Gasteiger partial charge in [-0.3, -0.25) is 0 Å². The first-order chi connectivity index (χ1) is 7.84. The van der Waals surface area contributed by atoms with Crippen LogP contribution in [-0.4, -0.2) is 5.16 Å². The van der Waals surface area contributed by atoms with Gasteiger partial charge in [0.25, 0.3) is 0 Å². The Morgan fingerprint density at radius 3 is 2.69 bits per heavy atom. The van der Waals surface area contributed by atoms with Crippen LogP contribution in [0.15, 0.2) is 34.9 Å². The highest BCUT2D eigenvalue weighted by atomic mass is 16.5. The van der Waals surface area contributed by atoms with E-state index in [9.17, 15) is 0 Å². The van der Waals surface area contributed by atoms with Crippen LogP contribution in [0.1, 0.15) is 18.5 Å². The maximum absolute atomic E-state index is 5.84. The molecule has 3 heteroatoms. The largest absolute Gasteiger partial charge is 0.367 e. The second kappa shape index (κ2) is 3.67. The number of aromatic nitrogens is 1. The monoisotopic (exact) mass is 214 g/mol. The van der Waals surface area contributed by atoms with Gasteiger partial charge >= 0.3 is 0 Å². The number of hydrogen-bond acceptors (Lipinski definition) is 3. The number of anilines is 1. The van der Waals surface area contributed by atoms with E-state index >= 15 is 0 Å². The lowest BCUT2D eigenvalue weighted by Gasteiger charge is -2.01. The van der Waals surface area contributed by atoms with Gasteiger partial charge in [-0.25, -0.2) is 0 Å². The fraction of sp³-hybridized carbons (Fsp3) is 0.308. The van der Waals surface area contributed by atoms with Crippen LogP contribution >= 0.6 is 0 Å². The molecule has 82 valence electrons. The average Bonchev–Trinajstić information content (AvgIpc) is 3.04. The van der Waals surface area contributed by atoms with Crippen molar-refractivity contribution in [2.24, 2.45) is 5.92 Å². The Hall–Kier alpha value is -1.77. The van der Waals surface area contributed by atoms with Gasteiger partial charge in [0.2, 0.25) is 5.88 Å².